The third-order valence-corrected chi connectivity index (χ3v) is 3.60. The third-order valence-electron chi connectivity index (χ3n) is 3.37. The Labute approximate surface area is 146 Å². The van der Waals surface area contributed by atoms with Crippen molar-refractivity contribution in [2.24, 2.45) is 0 Å². The lowest BCUT2D eigenvalue weighted by Crippen LogP contribution is -2.18. The zero-order valence-electron chi connectivity index (χ0n) is 13.3. The molecule has 0 aliphatic carbocycles. The number of carbonyl (C=O) groups is 1. The van der Waals surface area contributed by atoms with Crippen LogP contribution in [0.15, 0.2) is 60.3 Å². The summed E-state index contributed by atoms with van der Waals surface area (Å²) in [5.41, 5.74) is 2.88. The monoisotopic (exact) mass is 339 g/mol. The molecule has 0 bridgehead atoms. The van der Waals surface area contributed by atoms with Crippen LogP contribution in [0, 0.1) is 18.3 Å². The fraction of sp³-hybridized carbons (Fsp3) is 0.158. The number of hydrogen-bond acceptors (Lipinski definition) is 3. The second-order valence-electron chi connectivity index (χ2n) is 5.32. The molecule has 0 atom stereocenters. The molecule has 2 N–H and O–H groups in total. The number of halogens is 1. The first-order chi connectivity index (χ1) is 11.6. The van der Waals surface area contributed by atoms with Gasteiger partial charge in [-0.1, -0.05) is 41.4 Å². The molecule has 2 aromatic rings. The summed E-state index contributed by atoms with van der Waals surface area (Å²) in [5, 5.41) is 15.5. The van der Waals surface area contributed by atoms with Gasteiger partial charge in [0.05, 0.1) is 0 Å². The molecule has 0 saturated heterocycles. The van der Waals surface area contributed by atoms with Crippen LogP contribution in [0.4, 0.5) is 5.69 Å². The van der Waals surface area contributed by atoms with Crippen molar-refractivity contribution in [3.05, 3.63) is 76.5 Å². The molecule has 0 aliphatic heterocycles. The van der Waals surface area contributed by atoms with Gasteiger partial charge in [0.25, 0.3) is 5.91 Å². The number of rotatable bonds is 6. The zero-order chi connectivity index (χ0) is 17.4. The predicted octanol–water partition coefficient (Wildman–Crippen LogP) is 3.83. The summed E-state index contributed by atoms with van der Waals surface area (Å²) in [5.74, 6) is -0.434. The Hall–Kier alpha value is -2.77. The van der Waals surface area contributed by atoms with E-state index in [9.17, 15) is 4.79 Å². The normalized spacial score (nSPS) is 10.8. The van der Waals surface area contributed by atoms with Crippen molar-refractivity contribution in [1.82, 2.24) is 5.32 Å². The van der Waals surface area contributed by atoms with Gasteiger partial charge < -0.3 is 10.6 Å². The average molecular weight is 340 g/mol. The van der Waals surface area contributed by atoms with E-state index in [4.69, 9.17) is 16.9 Å². The number of nitrogens with one attached hydrogen (secondary N) is 2. The van der Waals surface area contributed by atoms with Gasteiger partial charge in [-0.3, -0.25) is 4.79 Å². The Bertz CT molecular complexity index is 776. The van der Waals surface area contributed by atoms with Gasteiger partial charge in [0, 0.05) is 23.5 Å². The highest BCUT2D eigenvalue weighted by atomic mass is 35.5. The molecule has 0 radical (unpaired) electrons. The number of nitrogens with zero attached hydrogens (tertiary/aromatic N) is 1. The molecular weight excluding hydrogens is 322 g/mol. The molecule has 1 amide bonds. The zero-order valence-corrected chi connectivity index (χ0v) is 14.1. The van der Waals surface area contributed by atoms with Crippen LogP contribution >= 0.6 is 11.6 Å². The minimum atomic E-state index is -0.434. The van der Waals surface area contributed by atoms with Crippen LogP contribution in [0.5, 0.6) is 0 Å². The molecule has 2 rings (SSSR count). The van der Waals surface area contributed by atoms with Gasteiger partial charge in [-0.05, 0) is 43.2 Å². The molecule has 24 heavy (non-hydrogen) atoms. The molecule has 0 spiro atoms. The van der Waals surface area contributed by atoms with Crippen molar-refractivity contribution in [3.63, 3.8) is 0 Å². The van der Waals surface area contributed by atoms with Crippen LogP contribution in [-0.2, 0) is 11.2 Å². The van der Waals surface area contributed by atoms with E-state index in [2.05, 4.69) is 10.6 Å². The van der Waals surface area contributed by atoms with E-state index in [1.165, 1.54) is 6.20 Å². The fourth-order valence-corrected chi connectivity index (χ4v) is 2.28. The predicted molar refractivity (Wildman–Crippen MR) is 96.7 cm³/mol. The SMILES string of the molecule is Cc1ccc(NC(=O)/C(C#N)=C\NCCc2cccc(Cl)c2)cc1. The number of amides is 1. The number of nitriles is 1. The summed E-state index contributed by atoms with van der Waals surface area (Å²) in [6, 6.07) is 16.9. The smallest absolute Gasteiger partial charge is 0.267 e. The van der Waals surface area contributed by atoms with Crippen LogP contribution in [0.25, 0.3) is 0 Å². The number of anilines is 1. The summed E-state index contributed by atoms with van der Waals surface area (Å²) in [6.45, 7) is 2.57. The number of carbonyl (C=O) groups excluding carboxylic acids is 1. The quantitative estimate of drug-likeness (QED) is 0.477. The third kappa shape index (κ3) is 5.45. The Kier molecular flexibility index (Phi) is 6.41. The van der Waals surface area contributed by atoms with Gasteiger partial charge in [-0.15, -0.1) is 0 Å². The first-order valence-electron chi connectivity index (χ1n) is 7.54. The van der Waals surface area contributed by atoms with Crippen molar-refractivity contribution < 1.29 is 4.79 Å². The lowest BCUT2D eigenvalue weighted by molar-refractivity contribution is -0.112. The molecule has 0 saturated carbocycles. The fourth-order valence-electron chi connectivity index (χ4n) is 2.07. The molecule has 5 heteroatoms. The highest BCUT2D eigenvalue weighted by molar-refractivity contribution is 6.30. The molecule has 0 aliphatic rings. The van der Waals surface area contributed by atoms with Crippen LogP contribution in [0.3, 0.4) is 0 Å². The molecule has 122 valence electrons. The van der Waals surface area contributed by atoms with Gasteiger partial charge >= 0.3 is 0 Å². The van der Waals surface area contributed by atoms with E-state index >= 15 is 0 Å². The second-order valence-corrected chi connectivity index (χ2v) is 5.76. The van der Waals surface area contributed by atoms with E-state index < -0.39 is 5.91 Å². The van der Waals surface area contributed by atoms with Crippen molar-refractivity contribution >= 4 is 23.2 Å². The van der Waals surface area contributed by atoms with Crippen molar-refractivity contribution in [1.29, 1.82) is 5.26 Å². The maximum absolute atomic E-state index is 12.1. The summed E-state index contributed by atoms with van der Waals surface area (Å²) in [4.78, 5) is 12.1. The number of hydrogen-bond donors (Lipinski definition) is 2. The van der Waals surface area contributed by atoms with E-state index in [1.54, 1.807) is 12.1 Å². The van der Waals surface area contributed by atoms with Gasteiger partial charge in [0.1, 0.15) is 11.6 Å². The van der Waals surface area contributed by atoms with Crippen LogP contribution in [0.1, 0.15) is 11.1 Å². The topological polar surface area (TPSA) is 64.9 Å². The van der Waals surface area contributed by atoms with E-state index in [0.717, 1.165) is 17.5 Å². The first-order valence-corrected chi connectivity index (χ1v) is 7.92. The summed E-state index contributed by atoms with van der Waals surface area (Å²) in [6.07, 6.45) is 2.18. The average Bonchev–Trinajstić information content (AvgIpc) is 2.57. The number of aryl methyl sites for hydroxylation is 1. The first kappa shape index (κ1) is 17.6. The van der Waals surface area contributed by atoms with Gasteiger partial charge in [-0.2, -0.15) is 5.26 Å². The molecule has 2 aromatic carbocycles. The Morgan fingerprint density at radius 3 is 2.67 bits per heavy atom. The van der Waals surface area contributed by atoms with E-state index in [1.807, 2.05) is 49.4 Å². The lowest BCUT2D eigenvalue weighted by Gasteiger charge is -2.06. The van der Waals surface area contributed by atoms with Gasteiger partial charge in [-0.25, -0.2) is 0 Å². The van der Waals surface area contributed by atoms with Gasteiger partial charge in [0.15, 0.2) is 0 Å². The molecule has 0 unspecified atom stereocenters. The van der Waals surface area contributed by atoms with E-state index in [-0.39, 0.29) is 5.57 Å². The maximum atomic E-state index is 12.1. The lowest BCUT2D eigenvalue weighted by atomic mass is 10.1. The van der Waals surface area contributed by atoms with Crippen LogP contribution in [-0.4, -0.2) is 12.5 Å². The molecular formula is C19H18ClN3O. The highest BCUT2D eigenvalue weighted by Gasteiger charge is 2.08. The standard InChI is InChI=1S/C19H18ClN3O/c1-14-5-7-18(8-6-14)23-19(24)16(12-21)13-22-10-9-15-3-2-4-17(20)11-15/h2-8,11,13,22H,9-10H2,1H3,(H,23,24)/b16-13-. The largest absolute Gasteiger partial charge is 0.389 e. The molecule has 0 fully saturated rings. The van der Waals surface area contributed by atoms with Crippen LogP contribution in [0.2, 0.25) is 5.02 Å². The van der Waals surface area contributed by atoms with Crippen molar-refractivity contribution in [2.75, 3.05) is 11.9 Å². The van der Waals surface area contributed by atoms with E-state index in [0.29, 0.717) is 17.3 Å². The molecule has 4 nitrogen and oxygen atoms in total. The Morgan fingerprint density at radius 1 is 1.25 bits per heavy atom. The minimum Gasteiger partial charge on any atom is -0.389 e. The number of benzene rings is 2. The van der Waals surface area contributed by atoms with Gasteiger partial charge in [0.2, 0.25) is 0 Å². The second kappa shape index (κ2) is 8.76. The summed E-state index contributed by atoms with van der Waals surface area (Å²) < 4.78 is 0. The highest BCUT2D eigenvalue weighted by Crippen LogP contribution is 2.11. The van der Waals surface area contributed by atoms with Crippen LogP contribution < -0.4 is 10.6 Å². The minimum absolute atomic E-state index is 0.0293. The van der Waals surface area contributed by atoms with Crippen molar-refractivity contribution in [3.8, 4) is 6.07 Å². The summed E-state index contributed by atoms with van der Waals surface area (Å²) >= 11 is 5.93. The summed E-state index contributed by atoms with van der Waals surface area (Å²) in [7, 11) is 0. The molecule has 0 heterocycles. The molecule has 0 aromatic heterocycles. The Morgan fingerprint density at radius 2 is 2.00 bits per heavy atom. The maximum Gasteiger partial charge on any atom is 0.267 e. The Balaban J connectivity index is 1.87. The van der Waals surface area contributed by atoms with Crippen molar-refractivity contribution in [2.45, 2.75) is 13.3 Å².